The Morgan fingerprint density at radius 3 is 2.95 bits per heavy atom. The van der Waals surface area contributed by atoms with Crippen molar-refractivity contribution in [3.63, 3.8) is 0 Å². The largest absolute Gasteiger partial charge is 0.345 e. The van der Waals surface area contributed by atoms with Crippen LogP contribution in [0.4, 0.5) is 4.39 Å². The van der Waals surface area contributed by atoms with Gasteiger partial charge in [0, 0.05) is 6.54 Å². The maximum Gasteiger partial charge on any atom is 0.254 e. The molecular weight excluding hydrogens is 323 g/mol. The molecule has 1 aromatic carbocycles. The number of halogens is 2. The van der Waals surface area contributed by atoms with E-state index in [4.69, 9.17) is 5.73 Å². The molecule has 1 amide bonds. The van der Waals surface area contributed by atoms with Gasteiger partial charge in [0.1, 0.15) is 5.82 Å². The molecule has 2 atom stereocenters. The molecule has 0 aliphatic heterocycles. The highest BCUT2D eigenvalue weighted by atomic mass is 79.9. The predicted molar refractivity (Wildman–Crippen MR) is 81.0 cm³/mol. The van der Waals surface area contributed by atoms with E-state index >= 15 is 0 Å². The zero-order valence-corrected chi connectivity index (χ0v) is 13.2. The van der Waals surface area contributed by atoms with Crippen LogP contribution in [0.25, 0.3) is 0 Å². The van der Waals surface area contributed by atoms with Crippen LogP contribution >= 0.6 is 15.9 Å². The van der Waals surface area contributed by atoms with Crippen LogP contribution in [0.15, 0.2) is 22.7 Å². The molecule has 0 aromatic heterocycles. The van der Waals surface area contributed by atoms with Gasteiger partial charge >= 0.3 is 0 Å². The zero-order chi connectivity index (χ0) is 14.8. The van der Waals surface area contributed by atoms with Crippen molar-refractivity contribution in [3.8, 4) is 0 Å². The molecule has 0 bridgehead atoms. The Morgan fingerprint density at radius 1 is 1.55 bits per heavy atom. The highest BCUT2D eigenvalue weighted by Gasteiger charge is 2.38. The van der Waals surface area contributed by atoms with Crippen LogP contribution in [-0.2, 0) is 0 Å². The Labute approximate surface area is 127 Å². The van der Waals surface area contributed by atoms with E-state index in [0.29, 0.717) is 16.9 Å². The van der Waals surface area contributed by atoms with E-state index in [0.717, 1.165) is 25.7 Å². The summed E-state index contributed by atoms with van der Waals surface area (Å²) < 4.78 is 14.3. The summed E-state index contributed by atoms with van der Waals surface area (Å²) in [5.74, 6) is -0.607. The quantitative estimate of drug-likeness (QED) is 0.885. The second-order valence-electron chi connectivity index (χ2n) is 5.56. The fourth-order valence-corrected chi connectivity index (χ4v) is 3.29. The van der Waals surface area contributed by atoms with Crippen LogP contribution in [0.2, 0.25) is 0 Å². The fourth-order valence-electron chi connectivity index (χ4n) is 2.93. The first-order valence-electron chi connectivity index (χ1n) is 6.97. The average molecular weight is 343 g/mol. The minimum atomic E-state index is -0.527. The van der Waals surface area contributed by atoms with Crippen LogP contribution in [0.1, 0.15) is 43.0 Å². The van der Waals surface area contributed by atoms with Gasteiger partial charge in [-0.05, 0) is 46.8 Å². The second kappa shape index (κ2) is 6.22. The van der Waals surface area contributed by atoms with E-state index in [1.54, 1.807) is 12.1 Å². The molecule has 1 saturated carbocycles. The zero-order valence-electron chi connectivity index (χ0n) is 11.6. The summed E-state index contributed by atoms with van der Waals surface area (Å²) in [7, 11) is 0. The Morgan fingerprint density at radius 2 is 2.30 bits per heavy atom. The molecule has 2 rings (SSSR count). The lowest BCUT2D eigenvalue weighted by Crippen LogP contribution is -2.59. The van der Waals surface area contributed by atoms with Crippen molar-refractivity contribution in [2.45, 2.75) is 38.1 Å². The molecular formula is C15H20BrFN2O. The third-order valence-corrected chi connectivity index (χ3v) is 4.99. The van der Waals surface area contributed by atoms with Gasteiger partial charge in [-0.3, -0.25) is 4.79 Å². The summed E-state index contributed by atoms with van der Waals surface area (Å²) in [6.07, 6.45) is 4.09. The number of carbonyl (C=O) groups is 1. The highest BCUT2D eigenvalue weighted by Crippen LogP contribution is 2.33. The molecule has 0 heterocycles. The number of rotatable bonds is 3. The molecule has 2 unspecified atom stereocenters. The van der Waals surface area contributed by atoms with Gasteiger partial charge in [0.2, 0.25) is 0 Å². The van der Waals surface area contributed by atoms with Crippen molar-refractivity contribution < 1.29 is 9.18 Å². The molecule has 1 aliphatic carbocycles. The molecule has 0 radical (unpaired) electrons. The summed E-state index contributed by atoms with van der Waals surface area (Å²) >= 11 is 3.10. The van der Waals surface area contributed by atoms with Gasteiger partial charge in [-0.25, -0.2) is 4.39 Å². The number of benzene rings is 1. The Hall–Kier alpha value is -0.940. The van der Waals surface area contributed by atoms with Crippen molar-refractivity contribution in [3.05, 3.63) is 34.1 Å². The Bertz CT molecular complexity index is 509. The topological polar surface area (TPSA) is 55.1 Å². The van der Waals surface area contributed by atoms with E-state index in [1.165, 1.54) is 6.07 Å². The van der Waals surface area contributed by atoms with Crippen LogP contribution in [-0.4, -0.2) is 18.0 Å². The summed E-state index contributed by atoms with van der Waals surface area (Å²) in [6.45, 7) is 2.49. The lowest BCUT2D eigenvalue weighted by atomic mass is 9.73. The normalized spacial score (nSPS) is 26.3. The first kappa shape index (κ1) is 15.4. The van der Waals surface area contributed by atoms with Gasteiger partial charge in [0.15, 0.2) is 0 Å². The lowest BCUT2D eigenvalue weighted by Gasteiger charge is -2.42. The molecule has 1 aliphatic rings. The van der Waals surface area contributed by atoms with Crippen LogP contribution in [0.3, 0.4) is 0 Å². The fraction of sp³-hybridized carbons (Fsp3) is 0.533. The van der Waals surface area contributed by atoms with E-state index in [9.17, 15) is 9.18 Å². The number of nitrogens with one attached hydrogen (secondary N) is 1. The van der Waals surface area contributed by atoms with Crippen molar-refractivity contribution in [1.29, 1.82) is 0 Å². The van der Waals surface area contributed by atoms with E-state index < -0.39 is 11.4 Å². The predicted octanol–water partition coefficient (Wildman–Crippen LogP) is 3.23. The maximum atomic E-state index is 14.0. The monoisotopic (exact) mass is 342 g/mol. The molecule has 5 heteroatoms. The van der Waals surface area contributed by atoms with Crippen LogP contribution in [0.5, 0.6) is 0 Å². The van der Waals surface area contributed by atoms with Gasteiger partial charge in [0.05, 0.1) is 15.6 Å². The minimum absolute atomic E-state index is 0.0602. The van der Waals surface area contributed by atoms with Gasteiger partial charge in [-0.1, -0.05) is 25.8 Å². The molecule has 0 spiro atoms. The summed E-state index contributed by atoms with van der Waals surface area (Å²) in [6, 6.07) is 4.72. The molecule has 20 heavy (non-hydrogen) atoms. The number of hydrogen-bond acceptors (Lipinski definition) is 2. The van der Waals surface area contributed by atoms with Crippen LogP contribution < -0.4 is 11.1 Å². The van der Waals surface area contributed by atoms with E-state index in [1.807, 2.05) is 0 Å². The molecule has 1 aromatic rings. The molecule has 1 fully saturated rings. The average Bonchev–Trinajstić information content (AvgIpc) is 2.44. The van der Waals surface area contributed by atoms with Gasteiger partial charge in [0.25, 0.3) is 5.91 Å². The van der Waals surface area contributed by atoms with Gasteiger partial charge in [-0.2, -0.15) is 0 Å². The molecule has 3 nitrogen and oxygen atoms in total. The second-order valence-corrected chi connectivity index (χ2v) is 6.42. The highest BCUT2D eigenvalue weighted by molar-refractivity contribution is 9.10. The number of carbonyl (C=O) groups excluding carboxylic acids is 1. The Balaban J connectivity index is 2.23. The Kier molecular flexibility index (Phi) is 4.81. The van der Waals surface area contributed by atoms with Crippen molar-refractivity contribution in [2.75, 3.05) is 6.54 Å². The van der Waals surface area contributed by atoms with Gasteiger partial charge < -0.3 is 11.1 Å². The first-order valence-corrected chi connectivity index (χ1v) is 7.76. The van der Waals surface area contributed by atoms with E-state index in [2.05, 4.69) is 28.2 Å². The number of hydrogen-bond donors (Lipinski definition) is 2. The SMILES string of the molecule is CC1CCCCC1(CN)NC(=O)c1cccc(Br)c1F. The molecule has 0 saturated heterocycles. The number of amides is 1. The third kappa shape index (κ3) is 2.88. The number of nitrogens with two attached hydrogens (primary N) is 1. The lowest BCUT2D eigenvalue weighted by molar-refractivity contribution is 0.0808. The standard InChI is InChI=1S/C15H20BrFN2O/c1-10-5-2-3-8-15(10,9-18)19-14(20)11-6-4-7-12(16)13(11)17/h4,6-7,10H,2-3,5,8-9,18H2,1H3,(H,19,20). The summed E-state index contributed by atoms with van der Waals surface area (Å²) in [5.41, 5.74) is 5.55. The minimum Gasteiger partial charge on any atom is -0.345 e. The van der Waals surface area contributed by atoms with Crippen LogP contribution in [0, 0.1) is 11.7 Å². The smallest absolute Gasteiger partial charge is 0.254 e. The van der Waals surface area contributed by atoms with Crippen molar-refractivity contribution in [1.82, 2.24) is 5.32 Å². The third-order valence-electron chi connectivity index (χ3n) is 4.38. The van der Waals surface area contributed by atoms with Gasteiger partial charge in [-0.15, -0.1) is 0 Å². The maximum absolute atomic E-state index is 14.0. The first-order chi connectivity index (χ1) is 9.50. The summed E-state index contributed by atoms with van der Waals surface area (Å²) in [5, 5.41) is 2.99. The summed E-state index contributed by atoms with van der Waals surface area (Å²) in [4.78, 5) is 12.4. The van der Waals surface area contributed by atoms with Crippen molar-refractivity contribution in [2.24, 2.45) is 11.7 Å². The molecule has 110 valence electrons. The molecule has 3 N–H and O–H groups in total. The van der Waals surface area contributed by atoms with E-state index in [-0.39, 0.29) is 11.5 Å². The van der Waals surface area contributed by atoms with Crippen molar-refractivity contribution >= 4 is 21.8 Å².